The second-order valence-electron chi connectivity index (χ2n) is 4.20. The van der Waals surface area contributed by atoms with Crippen LogP contribution in [0.25, 0.3) is 0 Å². The van der Waals surface area contributed by atoms with E-state index in [0.29, 0.717) is 6.42 Å². The molecule has 2 atom stereocenters. The number of hydrogen-bond donors (Lipinski definition) is 1. The minimum absolute atomic E-state index is 0.0893. The summed E-state index contributed by atoms with van der Waals surface area (Å²) in [5, 5.41) is 11.6. The molecule has 1 amide bonds. The molecule has 0 spiro atoms. The third-order valence-electron chi connectivity index (χ3n) is 2.79. The fourth-order valence-corrected chi connectivity index (χ4v) is 2.03. The molecule has 0 saturated carbocycles. The largest absolute Gasteiger partial charge is 0.461 e. The van der Waals surface area contributed by atoms with Gasteiger partial charge in [0.2, 0.25) is 5.91 Å². The van der Waals surface area contributed by atoms with E-state index in [2.05, 4.69) is 5.32 Å². The van der Waals surface area contributed by atoms with E-state index in [1.807, 2.05) is 36.4 Å². The first-order chi connectivity index (χ1) is 8.69. The number of amides is 1. The van der Waals surface area contributed by atoms with Crippen molar-refractivity contribution in [2.24, 2.45) is 0 Å². The Bertz CT molecular complexity index is 502. The Morgan fingerprint density at radius 1 is 1.44 bits per heavy atom. The van der Waals surface area contributed by atoms with Gasteiger partial charge in [0.1, 0.15) is 6.07 Å². The summed E-state index contributed by atoms with van der Waals surface area (Å²) < 4.78 is 5.37. The Kier molecular flexibility index (Phi) is 3.63. The average Bonchev–Trinajstić information content (AvgIpc) is 2.38. The van der Waals surface area contributed by atoms with Crippen molar-refractivity contribution in [2.75, 3.05) is 0 Å². The Labute approximate surface area is 106 Å². The number of ether oxygens (including phenoxy) is 1. The van der Waals surface area contributed by atoms with Crippen molar-refractivity contribution in [3.63, 3.8) is 0 Å². The molecule has 1 heterocycles. The topological polar surface area (TPSA) is 62.1 Å². The zero-order valence-corrected chi connectivity index (χ0v) is 10.1. The minimum Gasteiger partial charge on any atom is -0.461 e. The average molecular weight is 242 g/mol. The van der Waals surface area contributed by atoms with E-state index in [1.54, 1.807) is 6.08 Å². The van der Waals surface area contributed by atoms with Crippen molar-refractivity contribution >= 4 is 5.91 Å². The van der Waals surface area contributed by atoms with E-state index in [0.717, 1.165) is 5.56 Å². The number of carbonyl (C=O) groups is 1. The van der Waals surface area contributed by atoms with Crippen LogP contribution in [0.5, 0.6) is 0 Å². The predicted molar refractivity (Wildman–Crippen MR) is 66.2 cm³/mol. The van der Waals surface area contributed by atoms with Gasteiger partial charge in [0.25, 0.3) is 0 Å². The van der Waals surface area contributed by atoms with Crippen molar-refractivity contribution < 1.29 is 9.53 Å². The number of allylic oxidation sites excluding steroid dienone is 2. The van der Waals surface area contributed by atoms with Crippen LogP contribution >= 0.6 is 0 Å². The molecule has 1 aliphatic rings. The second kappa shape index (κ2) is 5.37. The quantitative estimate of drug-likeness (QED) is 0.863. The standard InChI is InChI=1S/C14H14N2O2/c1-10(17)16-14-8-12(7-13(9-15)18-14)11-5-3-2-4-6-11/h2-7,12,14H,8H2,1H3,(H,16,17)/t12-,14-/m0/s1. The molecule has 1 N–H and O–H groups in total. The zero-order chi connectivity index (χ0) is 13.0. The molecule has 0 bridgehead atoms. The third kappa shape index (κ3) is 2.89. The summed E-state index contributed by atoms with van der Waals surface area (Å²) in [5.41, 5.74) is 1.11. The second-order valence-corrected chi connectivity index (χ2v) is 4.20. The van der Waals surface area contributed by atoms with Crippen LogP contribution in [0.2, 0.25) is 0 Å². The van der Waals surface area contributed by atoms with Gasteiger partial charge in [-0.05, 0) is 11.6 Å². The molecule has 92 valence electrons. The number of rotatable bonds is 2. The van der Waals surface area contributed by atoms with E-state index in [-0.39, 0.29) is 17.6 Å². The maximum Gasteiger partial charge on any atom is 0.219 e. The Hall–Kier alpha value is -2.28. The molecule has 4 nitrogen and oxygen atoms in total. The normalized spacial score (nSPS) is 22.3. The van der Waals surface area contributed by atoms with Crippen LogP contribution in [0, 0.1) is 11.3 Å². The Balaban J connectivity index is 2.20. The van der Waals surface area contributed by atoms with E-state index >= 15 is 0 Å². The highest BCUT2D eigenvalue weighted by molar-refractivity contribution is 5.73. The highest BCUT2D eigenvalue weighted by Crippen LogP contribution is 2.29. The summed E-state index contributed by atoms with van der Waals surface area (Å²) in [6.07, 6.45) is 2.00. The fourth-order valence-electron chi connectivity index (χ4n) is 2.03. The van der Waals surface area contributed by atoms with Crippen LogP contribution in [0.1, 0.15) is 24.8 Å². The summed E-state index contributed by atoms with van der Waals surface area (Å²) in [5.74, 6) is 0.186. The molecule has 18 heavy (non-hydrogen) atoms. The summed E-state index contributed by atoms with van der Waals surface area (Å²) in [4.78, 5) is 11.1. The lowest BCUT2D eigenvalue weighted by atomic mass is 9.92. The number of nitrogens with one attached hydrogen (secondary N) is 1. The highest BCUT2D eigenvalue weighted by atomic mass is 16.5. The van der Waals surface area contributed by atoms with E-state index in [1.165, 1.54) is 6.92 Å². The van der Waals surface area contributed by atoms with Gasteiger partial charge in [-0.3, -0.25) is 4.79 Å². The molecule has 1 aromatic rings. The molecular weight excluding hydrogens is 228 g/mol. The number of hydrogen-bond acceptors (Lipinski definition) is 3. The Morgan fingerprint density at radius 3 is 2.78 bits per heavy atom. The summed E-state index contributed by atoms with van der Waals surface area (Å²) in [6.45, 7) is 1.44. The van der Waals surface area contributed by atoms with Crippen LogP contribution in [-0.4, -0.2) is 12.1 Å². The van der Waals surface area contributed by atoms with Gasteiger partial charge in [0, 0.05) is 19.3 Å². The third-order valence-corrected chi connectivity index (χ3v) is 2.79. The first-order valence-electron chi connectivity index (χ1n) is 5.79. The van der Waals surface area contributed by atoms with Crippen molar-refractivity contribution in [1.29, 1.82) is 5.26 Å². The van der Waals surface area contributed by atoms with Crippen LogP contribution in [0.15, 0.2) is 42.2 Å². The molecule has 1 aromatic carbocycles. The van der Waals surface area contributed by atoms with Gasteiger partial charge in [-0.2, -0.15) is 5.26 Å². The molecule has 0 aliphatic carbocycles. The molecule has 0 saturated heterocycles. The van der Waals surface area contributed by atoms with Gasteiger partial charge in [0.15, 0.2) is 12.0 Å². The van der Waals surface area contributed by atoms with E-state index in [9.17, 15) is 4.79 Å². The summed E-state index contributed by atoms with van der Waals surface area (Å²) >= 11 is 0. The molecule has 0 unspecified atom stereocenters. The molecule has 1 aliphatic heterocycles. The molecule has 0 radical (unpaired) electrons. The fraction of sp³-hybridized carbons (Fsp3) is 0.286. The highest BCUT2D eigenvalue weighted by Gasteiger charge is 2.25. The molecule has 4 heteroatoms. The summed E-state index contributed by atoms with van der Waals surface area (Å²) in [7, 11) is 0. The van der Waals surface area contributed by atoms with Crippen LogP contribution in [0.4, 0.5) is 0 Å². The van der Waals surface area contributed by atoms with Gasteiger partial charge in [-0.1, -0.05) is 30.3 Å². The lowest BCUT2D eigenvalue weighted by Gasteiger charge is -2.27. The molecule has 2 rings (SSSR count). The van der Waals surface area contributed by atoms with Crippen molar-refractivity contribution in [3.05, 3.63) is 47.7 Å². The number of benzene rings is 1. The monoisotopic (exact) mass is 242 g/mol. The van der Waals surface area contributed by atoms with Gasteiger partial charge >= 0.3 is 0 Å². The van der Waals surface area contributed by atoms with Gasteiger partial charge in [-0.15, -0.1) is 0 Å². The molecule has 0 fully saturated rings. The number of nitrogens with zero attached hydrogens (tertiary/aromatic N) is 1. The lowest BCUT2D eigenvalue weighted by molar-refractivity contribution is -0.122. The maximum atomic E-state index is 11.1. The van der Waals surface area contributed by atoms with Crippen LogP contribution in [0.3, 0.4) is 0 Å². The van der Waals surface area contributed by atoms with E-state index in [4.69, 9.17) is 10.00 Å². The van der Waals surface area contributed by atoms with Gasteiger partial charge in [-0.25, -0.2) is 0 Å². The zero-order valence-electron chi connectivity index (χ0n) is 10.1. The van der Waals surface area contributed by atoms with Crippen LogP contribution in [-0.2, 0) is 9.53 Å². The van der Waals surface area contributed by atoms with Gasteiger partial charge in [0.05, 0.1) is 0 Å². The first kappa shape index (κ1) is 12.2. The van der Waals surface area contributed by atoms with E-state index < -0.39 is 6.23 Å². The SMILES string of the molecule is CC(=O)N[C@@H]1C[C@@H](c2ccccc2)C=C(C#N)O1. The van der Waals surface area contributed by atoms with Crippen LogP contribution < -0.4 is 5.32 Å². The summed E-state index contributed by atoms with van der Waals surface area (Å²) in [6, 6.07) is 11.9. The van der Waals surface area contributed by atoms with Crippen molar-refractivity contribution in [1.82, 2.24) is 5.32 Å². The number of nitriles is 1. The van der Waals surface area contributed by atoms with Crippen molar-refractivity contribution in [2.45, 2.75) is 25.5 Å². The maximum absolute atomic E-state index is 11.1. The van der Waals surface area contributed by atoms with Gasteiger partial charge < -0.3 is 10.1 Å². The molecular formula is C14H14N2O2. The lowest BCUT2D eigenvalue weighted by Crippen LogP contribution is -2.38. The minimum atomic E-state index is -0.438. The molecule has 0 aromatic heterocycles. The Morgan fingerprint density at radius 2 is 2.17 bits per heavy atom. The first-order valence-corrected chi connectivity index (χ1v) is 5.79. The predicted octanol–water partition coefficient (Wildman–Crippen LogP) is 2.06. The number of carbonyl (C=O) groups excluding carboxylic acids is 1. The van der Waals surface area contributed by atoms with Crippen molar-refractivity contribution in [3.8, 4) is 6.07 Å². The smallest absolute Gasteiger partial charge is 0.219 e.